The molecule has 0 saturated heterocycles. The third-order valence-corrected chi connectivity index (χ3v) is 4.37. The average Bonchev–Trinajstić information content (AvgIpc) is 3.20. The van der Waals surface area contributed by atoms with Gasteiger partial charge in [0.15, 0.2) is 0 Å². The molecule has 0 amide bonds. The summed E-state index contributed by atoms with van der Waals surface area (Å²) >= 11 is 0. The summed E-state index contributed by atoms with van der Waals surface area (Å²) in [5.74, 6) is 0.901. The molecule has 2 atom stereocenters. The van der Waals surface area contributed by atoms with Gasteiger partial charge in [0.1, 0.15) is 12.4 Å². The summed E-state index contributed by atoms with van der Waals surface area (Å²) in [5.41, 5.74) is 2.21. The Kier molecular flexibility index (Phi) is 5.80. The Balaban J connectivity index is 1.59. The molecule has 0 fully saturated rings. The number of nitrogens with zero attached hydrogens (tertiary/aromatic N) is 3. The molecule has 2 aromatic heterocycles. The molecule has 5 heteroatoms. The van der Waals surface area contributed by atoms with Crippen LogP contribution in [0.15, 0.2) is 67.3 Å². The first kappa shape index (κ1) is 17.2. The van der Waals surface area contributed by atoms with Crippen molar-refractivity contribution in [1.29, 1.82) is 0 Å². The fourth-order valence-corrected chi connectivity index (χ4v) is 2.63. The molecule has 3 aromatic rings. The molecule has 0 unspecified atom stereocenters. The highest BCUT2D eigenvalue weighted by atomic mass is 16.5. The Morgan fingerprint density at radius 1 is 1.08 bits per heavy atom. The van der Waals surface area contributed by atoms with Crippen LogP contribution in [0.1, 0.15) is 31.0 Å². The van der Waals surface area contributed by atoms with E-state index in [9.17, 15) is 0 Å². The van der Waals surface area contributed by atoms with E-state index in [4.69, 9.17) is 4.74 Å². The number of para-hydroxylation sites is 1. The first-order valence-corrected chi connectivity index (χ1v) is 8.56. The van der Waals surface area contributed by atoms with E-state index in [1.807, 2.05) is 59.7 Å². The molecule has 0 spiro atoms. The van der Waals surface area contributed by atoms with Gasteiger partial charge in [-0.25, -0.2) is 0 Å². The summed E-state index contributed by atoms with van der Waals surface area (Å²) in [5, 5.41) is 7.89. The van der Waals surface area contributed by atoms with Crippen LogP contribution in [0.4, 0.5) is 0 Å². The van der Waals surface area contributed by atoms with Crippen LogP contribution in [0.5, 0.6) is 5.75 Å². The predicted molar refractivity (Wildman–Crippen MR) is 98.3 cm³/mol. The Bertz CT molecular complexity index is 758. The van der Waals surface area contributed by atoms with Crippen molar-refractivity contribution in [2.75, 3.05) is 0 Å². The standard InChI is InChI=1S/C20H24N4O/c1-16(17(2)24-12-6-11-23-24)22-14-19-8-3-4-9-20(19)25-15-18-7-5-10-21-13-18/h3-13,16-17,22H,14-15H2,1-2H3/t16-,17-/m1/s1. The van der Waals surface area contributed by atoms with Crippen molar-refractivity contribution in [1.82, 2.24) is 20.1 Å². The molecule has 0 aliphatic carbocycles. The molecule has 1 N–H and O–H groups in total. The molecule has 0 saturated carbocycles. The highest BCUT2D eigenvalue weighted by Crippen LogP contribution is 2.20. The lowest BCUT2D eigenvalue weighted by Crippen LogP contribution is -2.33. The van der Waals surface area contributed by atoms with E-state index in [1.165, 1.54) is 0 Å². The number of hydrogen-bond acceptors (Lipinski definition) is 4. The molecule has 130 valence electrons. The van der Waals surface area contributed by atoms with Crippen LogP contribution in [0.2, 0.25) is 0 Å². The normalized spacial score (nSPS) is 13.4. The average molecular weight is 336 g/mol. The minimum absolute atomic E-state index is 0.276. The molecule has 0 aliphatic rings. The lowest BCUT2D eigenvalue weighted by molar-refractivity contribution is 0.299. The summed E-state index contributed by atoms with van der Waals surface area (Å²) in [6, 6.07) is 14.6. The van der Waals surface area contributed by atoms with Crippen molar-refractivity contribution in [3.05, 3.63) is 78.4 Å². The number of benzene rings is 1. The van der Waals surface area contributed by atoms with E-state index < -0.39 is 0 Å². The van der Waals surface area contributed by atoms with Crippen LogP contribution < -0.4 is 10.1 Å². The summed E-state index contributed by atoms with van der Waals surface area (Å²) in [6.45, 7) is 5.60. The van der Waals surface area contributed by atoms with E-state index >= 15 is 0 Å². The minimum Gasteiger partial charge on any atom is -0.489 e. The molecule has 2 heterocycles. The fourth-order valence-electron chi connectivity index (χ4n) is 2.63. The topological polar surface area (TPSA) is 52.0 Å². The second kappa shape index (κ2) is 8.44. The smallest absolute Gasteiger partial charge is 0.124 e. The van der Waals surface area contributed by atoms with Crippen molar-refractivity contribution < 1.29 is 4.74 Å². The van der Waals surface area contributed by atoms with Gasteiger partial charge in [0, 0.05) is 48.5 Å². The number of rotatable bonds is 8. The molecule has 0 radical (unpaired) electrons. The molecule has 25 heavy (non-hydrogen) atoms. The number of hydrogen-bond donors (Lipinski definition) is 1. The van der Waals surface area contributed by atoms with Crippen LogP contribution in [0, 0.1) is 0 Å². The van der Waals surface area contributed by atoms with Crippen molar-refractivity contribution in [3.63, 3.8) is 0 Å². The predicted octanol–water partition coefficient (Wildman–Crippen LogP) is 3.60. The highest BCUT2D eigenvalue weighted by Gasteiger charge is 2.14. The van der Waals surface area contributed by atoms with Crippen LogP contribution >= 0.6 is 0 Å². The second-order valence-electron chi connectivity index (χ2n) is 6.15. The van der Waals surface area contributed by atoms with Gasteiger partial charge in [-0.2, -0.15) is 5.10 Å². The van der Waals surface area contributed by atoms with Gasteiger partial charge in [0.2, 0.25) is 0 Å². The van der Waals surface area contributed by atoms with Crippen LogP contribution in [-0.2, 0) is 13.2 Å². The van der Waals surface area contributed by atoms with Gasteiger partial charge in [0.25, 0.3) is 0 Å². The minimum atomic E-state index is 0.276. The van der Waals surface area contributed by atoms with Gasteiger partial charge in [-0.1, -0.05) is 24.3 Å². The van der Waals surface area contributed by atoms with Crippen LogP contribution in [0.25, 0.3) is 0 Å². The van der Waals surface area contributed by atoms with E-state index in [1.54, 1.807) is 6.20 Å². The van der Waals surface area contributed by atoms with Gasteiger partial charge < -0.3 is 10.1 Å². The van der Waals surface area contributed by atoms with Crippen molar-refractivity contribution >= 4 is 0 Å². The fraction of sp³-hybridized carbons (Fsp3) is 0.300. The molecule has 5 nitrogen and oxygen atoms in total. The Morgan fingerprint density at radius 2 is 1.96 bits per heavy atom. The van der Waals surface area contributed by atoms with Crippen LogP contribution in [0.3, 0.4) is 0 Å². The maximum absolute atomic E-state index is 5.99. The number of pyridine rings is 1. The van der Waals surface area contributed by atoms with Gasteiger partial charge >= 0.3 is 0 Å². The zero-order chi connectivity index (χ0) is 17.5. The molecule has 0 bridgehead atoms. The van der Waals surface area contributed by atoms with Gasteiger partial charge in [0.05, 0.1) is 6.04 Å². The summed E-state index contributed by atoms with van der Waals surface area (Å²) in [7, 11) is 0. The Morgan fingerprint density at radius 3 is 2.72 bits per heavy atom. The third kappa shape index (κ3) is 4.67. The van der Waals surface area contributed by atoms with Gasteiger partial charge in [-0.3, -0.25) is 9.67 Å². The number of ether oxygens (including phenoxy) is 1. The number of aromatic nitrogens is 3. The Labute approximate surface area is 148 Å². The summed E-state index contributed by atoms with van der Waals surface area (Å²) in [4.78, 5) is 4.12. The zero-order valence-corrected chi connectivity index (χ0v) is 14.7. The Hall–Kier alpha value is -2.66. The quantitative estimate of drug-likeness (QED) is 0.683. The monoisotopic (exact) mass is 336 g/mol. The molecule has 0 aliphatic heterocycles. The van der Waals surface area contributed by atoms with Crippen LogP contribution in [-0.4, -0.2) is 20.8 Å². The maximum atomic E-state index is 5.99. The molecule has 3 rings (SSSR count). The highest BCUT2D eigenvalue weighted by molar-refractivity contribution is 5.33. The van der Waals surface area contributed by atoms with E-state index in [0.29, 0.717) is 6.61 Å². The first-order valence-electron chi connectivity index (χ1n) is 8.56. The molecule has 1 aromatic carbocycles. The van der Waals surface area contributed by atoms with Gasteiger partial charge in [-0.15, -0.1) is 0 Å². The number of nitrogens with one attached hydrogen (secondary N) is 1. The van der Waals surface area contributed by atoms with E-state index in [-0.39, 0.29) is 12.1 Å². The lowest BCUT2D eigenvalue weighted by atomic mass is 10.1. The second-order valence-corrected chi connectivity index (χ2v) is 6.15. The summed E-state index contributed by atoms with van der Waals surface area (Å²) < 4.78 is 7.97. The summed E-state index contributed by atoms with van der Waals surface area (Å²) in [6.07, 6.45) is 7.40. The third-order valence-electron chi connectivity index (χ3n) is 4.37. The maximum Gasteiger partial charge on any atom is 0.124 e. The van der Waals surface area contributed by atoms with E-state index in [2.05, 4.69) is 35.3 Å². The molecular formula is C20H24N4O. The zero-order valence-electron chi connectivity index (χ0n) is 14.7. The largest absolute Gasteiger partial charge is 0.489 e. The first-order chi connectivity index (χ1) is 12.2. The SMILES string of the molecule is C[C@H]([C@@H](C)NCc1ccccc1OCc1cccnc1)n1cccn1. The van der Waals surface area contributed by atoms with Crippen molar-refractivity contribution in [2.24, 2.45) is 0 Å². The molecular weight excluding hydrogens is 312 g/mol. The van der Waals surface area contributed by atoms with E-state index in [0.717, 1.165) is 23.4 Å². The lowest BCUT2D eigenvalue weighted by Gasteiger charge is -2.22. The van der Waals surface area contributed by atoms with Crippen molar-refractivity contribution in [2.45, 2.75) is 39.1 Å². The van der Waals surface area contributed by atoms with Crippen molar-refractivity contribution in [3.8, 4) is 5.75 Å². The van der Waals surface area contributed by atoms with Gasteiger partial charge in [-0.05, 0) is 32.0 Å².